The number of ether oxygens (including phenoxy) is 2. The summed E-state index contributed by atoms with van der Waals surface area (Å²) in [6.45, 7) is 4.47. The molecule has 0 aliphatic rings. The smallest absolute Gasteiger partial charge is 0.335 e. The van der Waals surface area contributed by atoms with E-state index in [0.717, 1.165) is 17.3 Å². The molecule has 0 radical (unpaired) electrons. The van der Waals surface area contributed by atoms with Crippen LogP contribution >= 0.6 is 47.8 Å². The van der Waals surface area contributed by atoms with Crippen molar-refractivity contribution in [2.24, 2.45) is 5.10 Å². The molecule has 0 aliphatic carbocycles. The minimum Gasteiger partial charge on any atom is -0.490 e. The second kappa shape index (κ2) is 13.6. The van der Waals surface area contributed by atoms with E-state index in [4.69, 9.17) is 14.5 Å². The number of unbranched alkanes of at least 4 members (excludes halogenated alkanes) is 1. The zero-order chi connectivity index (χ0) is 28.8. The third-order valence-corrected chi connectivity index (χ3v) is 8.59. The lowest BCUT2D eigenvalue weighted by Gasteiger charge is -2.16. The monoisotopic (exact) mass is 733 g/mol. The van der Waals surface area contributed by atoms with Gasteiger partial charge in [-0.2, -0.15) is 9.78 Å². The van der Waals surface area contributed by atoms with E-state index in [9.17, 15) is 14.7 Å². The van der Waals surface area contributed by atoms with Crippen LogP contribution in [0.5, 0.6) is 11.5 Å². The highest BCUT2D eigenvalue weighted by atomic mass is 79.9. The Morgan fingerprint density at radius 3 is 2.60 bits per heavy atom. The maximum absolute atomic E-state index is 13.4. The number of hydrogen-bond donors (Lipinski definition) is 1. The van der Waals surface area contributed by atoms with Crippen LogP contribution in [-0.2, 0) is 13.0 Å². The van der Waals surface area contributed by atoms with Gasteiger partial charge in [0, 0.05) is 20.9 Å². The summed E-state index contributed by atoms with van der Waals surface area (Å²) < 4.78 is 15.3. The van der Waals surface area contributed by atoms with Gasteiger partial charge in [0.15, 0.2) is 11.5 Å². The second-order valence-corrected chi connectivity index (χ2v) is 11.3. The van der Waals surface area contributed by atoms with Gasteiger partial charge >= 0.3 is 5.97 Å². The zero-order valence-corrected chi connectivity index (χ0v) is 26.5. The van der Waals surface area contributed by atoms with Crippen LogP contribution in [0.2, 0.25) is 0 Å². The fraction of sp³-hybridized carbons (Fsp3) is 0.241. The number of halogens is 3. The number of hydrogen-bond acceptors (Lipinski definition) is 6. The van der Waals surface area contributed by atoms with Gasteiger partial charge in [0.05, 0.1) is 33.8 Å². The molecular formula is C29H26Br3N3O5. The first-order chi connectivity index (χ1) is 19.2. The molecule has 3 aromatic carbocycles. The number of carboxylic acid groups (broad SMARTS) is 1. The molecule has 4 aromatic rings. The molecule has 0 saturated heterocycles. The van der Waals surface area contributed by atoms with Crippen LogP contribution in [0, 0.1) is 0 Å². The van der Waals surface area contributed by atoms with Crippen molar-refractivity contribution in [3.63, 3.8) is 0 Å². The molecule has 0 saturated carbocycles. The van der Waals surface area contributed by atoms with E-state index in [0.29, 0.717) is 61.3 Å². The van der Waals surface area contributed by atoms with Gasteiger partial charge in [-0.25, -0.2) is 9.78 Å². The SMILES string of the molecule is CCCCc1nc2ccc(Br)cc2c(=O)n1N=Cc1cc(OCC)c(OCc2cccc(C(=O)O)c2)c(Br)c1Br. The Morgan fingerprint density at radius 2 is 1.88 bits per heavy atom. The van der Waals surface area contributed by atoms with E-state index < -0.39 is 5.97 Å². The lowest BCUT2D eigenvalue weighted by atomic mass is 10.1. The van der Waals surface area contributed by atoms with Crippen molar-refractivity contribution in [3.8, 4) is 11.5 Å². The number of aryl methyl sites for hydroxylation is 1. The van der Waals surface area contributed by atoms with Crippen molar-refractivity contribution >= 4 is 70.9 Å². The number of fused-ring (bicyclic) bond motifs is 1. The quantitative estimate of drug-likeness (QED) is 0.159. The molecule has 0 amide bonds. The average molecular weight is 736 g/mol. The Hall–Kier alpha value is -3.02. The van der Waals surface area contributed by atoms with E-state index in [-0.39, 0.29) is 17.7 Å². The fourth-order valence-electron chi connectivity index (χ4n) is 3.98. The van der Waals surface area contributed by atoms with E-state index in [2.05, 4.69) is 59.8 Å². The van der Waals surface area contributed by atoms with Crippen LogP contribution in [-0.4, -0.2) is 33.6 Å². The standard InChI is InChI=1S/C29H26Br3N3O5/c1-3-5-9-24-34-22-11-10-20(30)14-21(22)28(36)35(24)33-15-19-13-23(39-4-2)27(26(32)25(19)31)40-16-17-7-6-8-18(12-17)29(37)38/h6-8,10-15H,3-5,9,16H2,1-2H3,(H,37,38). The summed E-state index contributed by atoms with van der Waals surface area (Å²) in [6, 6.07) is 13.8. The average Bonchev–Trinajstić information content (AvgIpc) is 2.94. The first kappa shape index (κ1) is 30.0. The van der Waals surface area contributed by atoms with Crippen molar-refractivity contribution < 1.29 is 19.4 Å². The van der Waals surface area contributed by atoms with E-state index in [1.54, 1.807) is 36.5 Å². The van der Waals surface area contributed by atoms with E-state index in [1.807, 2.05) is 19.1 Å². The first-order valence-corrected chi connectivity index (χ1v) is 15.0. The Bertz CT molecular complexity index is 1650. The van der Waals surface area contributed by atoms with Crippen LogP contribution in [0.3, 0.4) is 0 Å². The van der Waals surface area contributed by atoms with Crippen LogP contribution in [0.1, 0.15) is 54.0 Å². The maximum atomic E-state index is 13.4. The lowest BCUT2D eigenvalue weighted by Crippen LogP contribution is -2.22. The van der Waals surface area contributed by atoms with Gasteiger partial charge in [0.2, 0.25) is 0 Å². The van der Waals surface area contributed by atoms with Crippen molar-refractivity contribution in [2.75, 3.05) is 6.61 Å². The Labute approximate surface area is 256 Å². The summed E-state index contributed by atoms with van der Waals surface area (Å²) in [5.41, 5.74) is 1.91. The third-order valence-electron chi connectivity index (χ3n) is 5.95. The second-order valence-electron chi connectivity index (χ2n) is 8.80. The summed E-state index contributed by atoms with van der Waals surface area (Å²) >= 11 is 10.6. The highest BCUT2D eigenvalue weighted by molar-refractivity contribution is 9.13. The molecule has 4 rings (SSSR count). The molecule has 0 unspecified atom stereocenters. The molecule has 0 fully saturated rings. The molecule has 0 atom stereocenters. The van der Waals surface area contributed by atoms with Gasteiger partial charge < -0.3 is 14.6 Å². The summed E-state index contributed by atoms with van der Waals surface area (Å²) in [6.07, 6.45) is 4.02. The molecule has 11 heteroatoms. The van der Waals surface area contributed by atoms with Gasteiger partial charge in [-0.15, -0.1) is 0 Å². The number of aromatic nitrogens is 2. The number of nitrogens with zero attached hydrogens (tertiary/aromatic N) is 3. The Balaban J connectivity index is 1.72. The van der Waals surface area contributed by atoms with E-state index >= 15 is 0 Å². The largest absolute Gasteiger partial charge is 0.490 e. The number of aromatic carboxylic acids is 1. The topological polar surface area (TPSA) is 103 Å². The Morgan fingerprint density at radius 1 is 1.07 bits per heavy atom. The number of carbonyl (C=O) groups is 1. The van der Waals surface area contributed by atoms with Gasteiger partial charge in [-0.1, -0.05) is 41.4 Å². The molecule has 0 spiro atoms. The lowest BCUT2D eigenvalue weighted by molar-refractivity contribution is 0.0696. The highest BCUT2D eigenvalue weighted by Crippen LogP contribution is 2.43. The molecule has 40 heavy (non-hydrogen) atoms. The van der Waals surface area contributed by atoms with Gasteiger partial charge in [-0.3, -0.25) is 4.79 Å². The van der Waals surface area contributed by atoms with Gasteiger partial charge in [-0.05, 0) is 87.2 Å². The van der Waals surface area contributed by atoms with Gasteiger partial charge in [0.1, 0.15) is 12.4 Å². The van der Waals surface area contributed by atoms with Crippen LogP contribution in [0.4, 0.5) is 0 Å². The molecule has 1 heterocycles. The van der Waals surface area contributed by atoms with Gasteiger partial charge in [0.25, 0.3) is 5.56 Å². The molecule has 0 aliphatic heterocycles. The molecule has 8 nitrogen and oxygen atoms in total. The van der Waals surface area contributed by atoms with Crippen molar-refractivity contribution in [1.29, 1.82) is 0 Å². The Kier molecular flexibility index (Phi) is 10.2. The fourth-order valence-corrected chi connectivity index (χ4v) is 5.27. The molecule has 0 bridgehead atoms. The van der Waals surface area contributed by atoms with Crippen LogP contribution in [0.25, 0.3) is 10.9 Å². The number of carboxylic acids is 1. The summed E-state index contributed by atoms with van der Waals surface area (Å²) in [4.78, 5) is 29.5. The summed E-state index contributed by atoms with van der Waals surface area (Å²) in [5.74, 6) is 0.495. The maximum Gasteiger partial charge on any atom is 0.335 e. The third kappa shape index (κ3) is 6.82. The summed E-state index contributed by atoms with van der Waals surface area (Å²) in [7, 11) is 0. The molecule has 1 aromatic heterocycles. The summed E-state index contributed by atoms with van der Waals surface area (Å²) in [5, 5.41) is 14.3. The number of benzene rings is 3. The normalized spacial score (nSPS) is 11.3. The molecule has 208 valence electrons. The molecule has 1 N–H and O–H groups in total. The highest BCUT2D eigenvalue weighted by Gasteiger charge is 2.18. The minimum absolute atomic E-state index is 0.133. The van der Waals surface area contributed by atoms with Crippen molar-refractivity contribution in [3.05, 3.63) is 94.8 Å². The van der Waals surface area contributed by atoms with Crippen LogP contribution < -0.4 is 15.0 Å². The predicted octanol–water partition coefficient (Wildman–Crippen LogP) is 7.58. The van der Waals surface area contributed by atoms with E-state index in [1.165, 1.54) is 10.7 Å². The zero-order valence-electron chi connectivity index (χ0n) is 21.8. The minimum atomic E-state index is -1.00. The predicted molar refractivity (Wildman–Crippen MR) is 166 cm³/mol. The van der Waals surface area contributed by atoms with Crippen molar-refractivity contribution in [2.45, 2.75) is 39.7 Å². The number of rotatable bonds is 11. The first-order valence-electron chi connectivity index (χ1n) is 12.6. The molecular weight excluding hydrogens is 710 g/mol. The van der Waals surface area contributed by atoms with Crippen LogP contribution in [0.15, 0.2) is 71.8 Å². The van der Waals surface area contributed by atoms with Crippen molar-refractivity contribution in [1.82, 2.24) is 9.66 Å².